The topological polar surface area (TPSA) is 87.4 Å². The molecular formula is C19H34N4O4S. The van der Waals surface area contributed by atoms with Crippen molar-refractivity contribution in [3.05, 3.63) is 24.2 Å². The molecule has 1 fully saturated rings. The maximum atomic E-state index is 12.5. The van der Waals surface area contributed by atoms with Crippen molar-refractivity contribution >= 4 is 16.0 Å². The van der Waals surface area contributed by atoms with Crippen LogP contribution in [0.5, 0.6) is 0 Å². The van der Waals surface area contributed by atoms with Gasteiger partial charge in [-0.05, 0) is 32.4 Å². The summed E-state index contributed by atoms with van der Waals surface area (Å²) in [7, 11) is -3.28. The standard InChI is InChI=1S/C19H34N4O4S/c1-4-8-20-19(21-9-7-18-6-5-14-27-18)22-10-12-23(13-11-22)28(24,25)16-15-26-17(2)3/h5-6,14,17H,4,7-13,15-16H2,1-3H3,(H,20,21). The van der Waals surface area contributed by atoms with Crippen LogP contribution in [0.4, 0.5) is 0 Å². The van der Waals surface area contributed by atoms with Gasteiger partial charge in [-0.2, -0.15) is 4.31 Å². The number of piperazine rings is 1. The Morgan fingerprint density at radius 1 is 1.32 bits per heavy atom. The van der Waals surface area contributed by atoms with Crippen LogP contribution in [0.1, 0.15) is 33.0 Å². The van der Waals surface area contributed by atoms with E-state index in [4.69, 9.17) is 9.15 Å². The molecule has 1 aromatic rings. The maximum Gasteiger partial charge on any atom is 0.216 e. The van der Waals surface area contributed by atoms with E-state index in [1.165, 1.54) is 0 Å². The van der Waals surface area contributed by atoms with Crippen molar-refractivity contribution < 1.29 is 17.6 Å². The van der Waals surface area contributed by atoms with Crippen LogP contribution in [0.15, 0.2) is 27.8 Å². The van der Waals surface area contributed by atoms with Gasteiger partial charge in [0.15, 0.2) is 5.96 Å². The number of nitrogens with zero attached hydrogens (tertiary/aromatic N) is 3. The summed E-state index contributed by atoms with van der Waals surface area (Å²) in [6.07, 6.45) is 3.46. The summed E-state index contributed by atoms with van der Waals surface area (Å²) in [6.45, 7) is 9.79. The van der Waals surface area contributed by atoms with Gasteiger partial charge in [0.2, 0.25) is 10.0 Å². The first kappa shape index (κ1) is 22.7. The second-order valence-electron chi connectivity index (χ2n) is 7.08. The minimum Gasteiger partial charge on any atom is -0.469 e. The fourth-order valence-corrected chi connectivity index (χ4v) is 4.22. The molecule has 0 radical (unpaired) electrons. The second kappa shape index (κ2) is 11.4. The van der Waals surface area contributed by atoms with E-state index in [1.807, 2.05) is 26.0 Å². The molecule has 9 heteroatoms. The Morgan fingerprint density at radius 2 is 2.07 bits per heavy atom. The monoisotopic (exact) mass is 414 g/mol. The Balaban J connectivity index is 1.84. The van der Waals surface area contributed by atoms with Crippen molar-refractivity contribution in [1.29, 1.82) is 0 Å². The molecule has 28 heavy (non-hydrogen) atoms. The molecule has 0 bridgehead atoms. The van der Waals surface area contributed by atoms with Crippen LogP contribution in [-0.4, -0.2) is 81.3 Å². The summed E-state index contributed by atoms with van der Waals surface area (Å²) in [5.74, 6) is 1.80. The highest BCUT2D eigenvalue weighted by Gasteiger charge is 2.28. The van der Waals surface area contributed by atoms with E-state index in [-0.39, 0.29) is 18.5 Å². The number of ether oxygens (including phenoxy) is 1. The van der Waals surface area contributed by atoms with Gasteiger partial charge in [-0.25, -0.2) is 8.42 Å². The molecule has 0 spiro atoms. The van der Waals surface area contributed by atoms with Crippen LogP contribution >= 0.6 is 0 Å². The van der Waals surface area contributed by atoms with E-state index in [1.54, 1.807) is 10.6 Å². The third-order valence-corrected chi connectivity index (χ3v) is 6.28. The van der Waals surface area contributed by atoms with Gasteiger partial charge in [-0.1, -0.05) is 6.92 Å². The third kappa shape index (κ3) is 7.44. The van der Waals surface area contributed by atoms with Crippen molar-refractivity contribution in [1.82, 2.24) is 14.5 Å². The smallest absolute Gasteiger partial charge is 0.216 e. The average Bonchev–Trinajstić information content (AvgIpc) is 3.17. The summed E-state index contributed by atoms with van der Waals surface area (Å²) in [4.78, 5) is 6.79. The lowest BCUT2D eigenvalue weighted by atomic mass is 10.3. The quantitative estimate of drug-likeness (QED) is 0.462. The molecule has 0 amide bonds. The molecule has 1 aliphatic rings. The molecule has 1 aromatic heterocycles. The van der Waals surface area contributed by atoms with E-state index < -0.39 is 10.0 Å². The van der Waals surface area contributed by atoms with E-state index in [9.17, 15) is 8.42 Å². The van der Waals surface area contributed by atoms with Crippen LogP contribution in [-0.2, 0) is 21.2 Å². The predicted octanol–water partition coefficient (Wildman–Crippen LogP) is 1.55. The molecular weight excluding hydrogens is 380 g/mol. The zero-order valence-electron chi connectivity index (χ0n) is 17.3. The van der Waals surface area contributed by atoms with E-state index >= 15 is 0 Å². The summed E-state index contributed by atoms with van der Waals surface area (Å²) in [6, 6.07) is 3.84. The Kier molecular flexibility index (Phi) is 9.27. The SMILES string of the molecule is CCCN=C(NCCc1ccco1)N1CCN(S(=O)(=O)CCOC(C)C)CC1. The van der Waals surface area contributed by atoms with Gasteiger partial charge in [0.25, 0.3) is 0 Å². The van der Waals surface area contributed by atoms with Gasteiger partial charge in [-0.3, -0.25) is 4.99 Å². The molecule has 0 atom stereocenters. The fraction of sp³-hybridized carbons (Fsp3) is 0.737. The van der Waals surface area contributed by atoms with Crippen LogP contribution in [0, 0.1) is 0 Å². The zero-order chi connectivity index (χ0) is 20.4. The first-order chi connectivity index (χ1) is 13.4. The first-order valence-corrected chi connectivity index (χ1v) is 11.7. The number of sulfonamides is 1. The first-order valence-electron chi connectivity index (χ1n) is 10.1. The molecule has 0 aromatic carbocycles. The highest BCUT2D eigenvalue weighted by atomic mass is 32.2. The minimum absolute atomic E-state index is 0.0311. The van der Waals surface area contributed by atoms with Crippen LogP contribution in [0.25, 0.3) is 0 Å². The zero-order valence-corrected chi connectivity index (χ0v) is 18.1. The van der Waals surface area contributed by atoms with Gasteiger partial charge in [-0.15, -0.1) is 0 Å². The highest BCUT2D eigenvalue weighted by molar-refractivity contribution is 7.89. The Morgan fingerprint density at radius 3 is 2.68 bits per heavy atom. The molecule has 160 valence electrons. The molecule has 1 aliphatic heterocycles. The Hall–Kier alpha value is -1.58. The van der Waals surface area contributed by atoms with Gasteiger partial charge >= 0.3 is 0 Å². The maximum absolute atomic E-state index is 12.5. The number of furan rings is 1. The largest absolute Gasteiger partial charge is 0.469 e. The number of nitrogens with one attached hydrogen (secondary N) is 1. The van der Waals surface area contributed by atoms with E-state index in [0.29, 0.717) is 26.2 Å². The van der Waals surface area contributed by atoms with Crippen LogP contribution < -0.4 is 5.32 Å². The minimum atomic E-state index is -3.28. The number of hydrogen-bond donors (Lipinski definition) is 1. The van der Waals surface area contributed by atoms with Crippen LogP contribution in [0.3, 0.4) is 0 Å². The van der Waals surface area contributed by atoms with Gasteiger partial charge < -0.3 is 19.4 Å². The number of rotatable bonds is 10. The van der Waals surface area contributed by atoms with Crippen molar-refractivity contribution in [3.8, 4) is 0 Å². The molecule has 1 N–H and O–H groups in total. The summed E-state index contributed by atoms with van der Waals surface area (Å²) in [5, 5.41) is 3.39. The Labute approximate surface area is 169 Å². The van der Waals surface area contributed by atoms with Gasteiger partial charge in [0.05, 0.1) is 24.7 Å². The Bertz CT molecular complexity index is 681. The van der Waals surface area contributed by atoms with Gasteiger partial charge in [0, 0.05) is 45.7 Å². The number of aliphatic imine (C=N–C) groups is 1. The number of guanidine groups is 1. The van der Waals surface area contributed by atoms with Crippen molar-refractivity contribution in [2.45, 2.75) is 39.7 Å². The third-order valence-electron chi connectivity index (χ3n) is 4.44. The van der Waals surface area contributed by atoms with E-state index in [2.05, 4.69) is 22.1 Å². The highest BCUT2D eigenvalue weighted by Crippen LogP contribution is 2.09. The molecule has 1 saturated heterocycles. The van der Waals surface area contributed by atoms with Crippen molar-refractivity contribution in [3.63, 3.8) is 0 Å². The lowest BCUT2D eigenvalue weighted by Gasteiger charge is -2.36. The summed E-state index contributed by atoms with van der Waals surface area (Å²) < 4.78 is 37.3. The van der Waals surface area contributed by atoms with E-state index in [0.717, 1.165) is 37.7 Å². The molecule has 0 unspecified atom stereocenters. The molecule has 0 aliphatic carbocycles. The lowest BCUT2D eigenvalue weighted by Crippen LogP contribution is -2.54. The van der Waals surface area contributed by atoms with Crippen molar-refractivity contribution in [2.75, 3.05) is 51.6 Å². The van der Waals surface area contributed by atoms with Crippen molar-refractivity contribution in [2.24, 2.45) is 4.99 Å². The fourth-order valence-electron chi connectivity index (χ4n) is 2.93. The normalized spacial score (nSPS) is 16.7. The van der Waals surface area contributed by atoms with Gasteiger partial charge in [0.1, 0.15) is 5.76 Å². The molecule has 2 heterocycles. The summed E-state index contributed by atoms with van der Waals surface area (Å²) >= 11 is 0. The molecule has 0 saturated carbocycles. The average molecular weight is 415 g/mol. The molecule has 2 rings (SSSR count). The summed E-state index contributed by atoms with van der Waals surface area (Å²) in [5.41, 5.74) is 0. The van der Waals surface area contributed by atoms with Crippen LogP contribution in [0.2, 0.25) is 0 Å². The lowest BCUT2D eigenvalue weighted by molar-refractivity contribution is 0.0904. The number of hydrogen-bond acceptors (Lipinski definition) is 5. The second-order valence-corrected chi connectivity index (χ2v) is 9.17. The molecule has 8 nitrogen and oxygen atoms in total. The predicted molar refractivity (Wildman–Crippen MR) is 111 cm³/mol.